The molecule has 0 aliphatic heterocycles. The van der Waals surface area contributed by atoms with Crippen molar-refractivity contribution in [3.8, 4) is 0 Å². The van der Waals surface area contributed by atoms with E-state index in [9.17, 15) is 4.79 Å². The Kier molecular flexibility index (Phi) is 4.82. The summed E-state index contributed by atoms with van der Waals surface area (Å²) in [6, 6.07) is -0.298. The number of nitrogens with zero attached hydrogens (tertiary/aromatic N) is 4. The molecule has 0 bridgehead atoms. The summed E-state index contributed by atoms with van der Waals surface area (Å²) in [5.74, 6) is -0.0317. The third kappa shape index (κ3) is 3.34. The van der Waals surface area contributed by atoms with Gasteiger partial charge in [0, 0.05) is 31.0 Å². The summed E-state index contributed by atoms with van der Waals surface area (Å²) in [5.41, 5.74) is 3.09. The number of aromatic nitrogens is 4. The minimum Gasteiger partial charge on any atom is -0.350 e. The van der Waals surface area contributed by atoms with Crippen LogP contribution in [0, 0.1) is 13.8 Å². The highest BCUT2D eigenvalue weighted by molar-refractivity contribution is 9.10. The molecular formula is C14H20BrN5O. The van der Waals surface area contributed by atoms with Crippen molar-refractivity contribution >= 4 is 21.8 Å². The maximum absolute atomic E-state index is 12.4. The molecule has 2 rings (SSSR count). The van der Waals surface area contributed by atoms with Gasteiger partial charge in [0.1, 0.15) is 6.04 Å². The molecule has 0 saturated heterocycles. The Morgan fingerprint density at radius 2 is 2.19 bits per heavy atom. The van der Waals surface area contributed by atoms with Crippen LogP contribution >= 0.6 is 15.9 Å². The second-order valence-corrected chi connectivity index (χ2v) is 5.97. The molecule has 2 aromatic rings. The molecule has 1 atom stereocenters. The first-order valence-corrected chi connectivity index (χ1v) is 7.69. The van der Waals surface area contributed by atoms with Crippen molar-refractivity contribution in [1.29, 1.82) is 0 Å². The summed E-state index contributed by atoms with van der Waals surface area (Å²) in [6.45, 7) is 6.42. The molecule has 21 heavy (non-hydrogen) atoms. The third-order valence-corrected chi connectivity index (χ3v) is 4.09. The average molecular weight is 354 g/mol. The fourth-order valence-electron chi connectivity index (χ4n) is 2.34. The SMILES string of the molecule is CCC(C(=O)NCc1c(C)nn(C)c1C)n1cc(Br)cn1. The first-order chi connectivity index (χ1) is 9.93. The van der Waals surface area contributed by atoms with Crippen molar-refractivity contribution in [2.75, 3.05) is 0 Å². The van der Waals surface area contributed by atoms with Crippen LogP contribution in [0.4, 0.5) is 0 Å². The fraction of sp³-hybridized carbons (Fsp3) is 0.500. The van der Waals surface area contributed by atoms with E-state index >= 15 is 0 Å². The maximum Gasteiger partial charge on any atom is 0.245 e. The highest BCUT2D eigenvalue weighted by Gasteiger charge is 2.20. The summed E-state index contributed by atoms with van der Waals surface area (Å²) in [4.78, 5) is 12.4. The largest absolute Gasteiger partial charge is 0.350 e. The summed E-state index contributed by atoms with van der Waals surface area (Å²) < 4.78 is 4.38. The fourth-order valence-corrected chi connectivity index (χ4v) is 2.65. The molecule has 114 valence electrons. The van der Waals surface area contributed by atoms with Crippen LogP contribution in [0.5, 0.6) is 0 Å². The minimum atomic E-state index is -0.298. The monoisotopic (exact) mass is 353 g/mol. The number of carbonyl (C=O) groups is 1. The van der Waals surface area contributed by atoms with Gasteiger partial charge < -0.3 is 5.32 Å². The topological polar surface area (TPSA) is 64.7 Å². The first-order valence-electron chi connectivity index (χ1n) is 6.90. The first kappa shape index (κ1) is 15.8. The number of amides is 1. The molecule has 0 fully saturated rings. The van der Waals surface area contributed by atoms with E-state index in [4.69, 9.17) is 0 Å². The summed E-state index contributed by atoms with van der Waals surface area (Å²) >= 11 is 3.35. The standard InChI is InChI=1S/C14H20BrN5O/c1-5-13(20-8-11(15)6-17-20)14(21)16-7-12-9(2)18-19(4)10(12)3/h6,8,13H,5,7H2,1-4H3,(H,16,21). The van der Waals surface area contributed by atoms with Gasteiger partial charge in [-0.1, -0.05) is 6.92 Å². The Morgan fingerprint density at radius 1 is 1.48 bits per heavy atom. The molecule has 0 spiro atoms. The highest BCUT2D eigenvalue weighted by atomic mass is 79.9. The predicted molar refractivity (Wildman–Crippen MR) is 83.8 cm³/mol. The van der Waals surface area contributed by atoms with Crippen molar-refractivity contribution in [3.63, 3.8) is 0 Å². The second kappa shape index (κ2) is 6.43. The maximum atomic E-state index is 12.4. The van der Waals surface area contributed by atoms with Crippen molar-refractivity contribution in [1.82, 2.24) is 24.9 Å². The van der Waals surface area contributed by atoms with Gasteiger partial charge in [-0.05, 0) is 36.2 Å². The van der Waals surface area contributed by atoms with Crippen LogP contribution < -0.4 is 5.32 Å². The van der Waals surface area contributed by atoms with Crippen LogP contribution in [-0.2, 0) is 18.4 Å². The van der Waals surface area contributed by atoms with Gasteiger partial charge in [-0.15, -0.1) is 0 Å². The van der Waals surface area contributed by atoms with Crippen molar-refractivity contribution in [3.05, 3.63) is 33.8 Å². The minimum absolute atomic E-state index is 0.0317. The van der Waals surface area contributed by atoms with Crippen LogP contribution in [0.3, 0.4) is 0 Å². The summed E-state index contributed by atoms with van der Waals surface area (Å²) in [6.07, 6.45) is 4.19. The van der Waals surface area contributed by atoms with Gasteiger partial charge in [0.2, 0.25) is 5.91 Å². The van der Waals surface area contributed by atoms with E-state index in [0.717, 1.165) is 21.4 Å². The van der Waals surface area contributed by atoms with Crippen LogP contribution in [0.2, 0.25) is 0 Å². The molecule has 0 saturated carbocycles. The zero-order chi connectivity index (χ0) is 15.6. The van der Waals surface area contributed by atoms with Crippen LogP contribution in [-0.4, -0.2) is 25.5 Å². The van der Waals surface area contributed by atoms with E-state index in [-0.39, 0.29) is 11.9 Å². The number of halogens is 1. The summed E-state index contributed by atoms with van der Waals surface area (Å²) in [5, 5.41) is 11.5. The van der Waals surface area contributed by atoms with Gasteiger partial charge in [0.15, 0.2) is 0 Å². The van der Waals surface area contributed by atoms with Gasteiger partial charge in [-0.3, -0.25) is 14.2 Å². The quantitative estimate of drug-likeness (QED) is 0.896. The number of hydrogen-bond donors (Lipinski definition) is 1. The molecule has 6 nitrogen and oxygen atoms in total. The Morgan fingerprint density at radius 3 is 2.67 bits per heavy atom. The van der Waals surface area contributed by atoms with Gasteiger partial charge in [-0.2, -0.15) is 10.2 Å². The van der Waals surface area contributed by atoms with E-state index in [2.05, 4.69) is 31.4 Å². The number of rotatable bonds is 5. The summed E-state index contributed by atoms with van der Waals surface area (Å²) in [7, 11) is 1.91. The zero-order valence-corrected chi connectivity index (χ0v) is 14.3. The van der Waals surface area contributed by atoms with Gasteiger partial charge in [0.25, 0.3) is 0 Å². The Labute approximate surface area is 132 Å². The number of carbonyl (C=O) groups excluding carboxylic acids is 1. The average Bonchev–Trinajstić information content (AvgIpc) is 2.94. The lowest BCUT2D eigenvalue weighted by molar-refractivity contribution is -0.124. The molecular weight excluding hydrogens is 334 g/mol. The lowest BCUT2D eigenvalue weighted by atomic mass is 10.1. The van der Waals surface area contributed by atoms with Crippen LogP contribution in [0.15, 0.2) is 16.9 Å². The number of nitrogens with one attached hydrogen (secondary N) is 1. The molecule has 1 amide bonds. The van der Waals surface area contributed by atoms with E-state index in [1.165, 1.54) is 0 Å². The molecule has 0 radical (unpaired) electrons. The molecule has 2 heterocycles. The Bertz CT molecular complexity index is 646. The number of aryl methyl sites for hydroxylation is 2. The van der Waals surface area contributed by atoms with Gasteiger partial charge in [0.05, 0.1) is 16.4 Å². The molecule has 0 aliphatic carbocycles. The Hall–Kier alpha value is -1.63. The third-order valence-electron chi connectivity index (χ3n) is 3.68. The molecule has 0 aromatic carbocycles. The predicted octanol–water partition coefficient (Wildman–Crippen LogP) is 2.26. The van der Waals surface area contributed by atoms with E-state index in [1.54, 1.807) is 10.9 Å². The van der Waals surface area contributed by atoms with Crippen LogP contribution in [0.25, 0.3) is 0 Å². The molecule has 2 aromatic heterocycles. The molecule has 7 heteroatoms. The van der Waals surface area contributed by atoms with Crippen LogP contribution in [0.1, 0.15) is 36.3 Å². The lowest BCUT2D eigenvalue weighted by Gasteiger charge is -2.15. The zero-order valence-electron chi connectivity index (χ0n) is 12.7. The van der Waals surface area contributed by atoms with Crippen molar-refractivity contribution < 1.29 is 4.79 Å². The number of hydrogen-bond acceptors (Lipinski definition) is 3. The smallest absolute Gasteiger partial charge is 0.245 e. The van der Waals surface area contributed by atoms with E-state index in [1.807, 2.05) is 38.7 Å². The van der Waals surface area contributed by atoms with E-state index < -0.39 is 0 Å². The van der Waals surface area contributed by atoms with Crippen molar-refractivity contribution in [2.24, 2.45) is 7.05 Å². The molecule has 0 aliphatic rings. The Balaban J connectivity index is 2.06. The normalized spacial score (nSPS) is 12.4. The molecule has 1 N–H and O–H groups in total. The van der Waals surface area contributed by atoms with E-state index in [0.29, 0.717) is 13.0 Å². The van der Waals surface area contributed by atoms with Gasteiger partial charge in [-0.25, -0.2) is 0 Å². The van der Waals surface area contributed by atoms with Crippen molar-refractivity contribution in [2.45, 2.75) is 39.8 Å². The lowest BCUT2D eigenvalue weighted by Crippen LogP contribution is -2.32. The van der Waals surface area contributed by atoms with Gasteiger partial charge >= 0.3 is 0 Å². The second-order valence-electron chi connectivity index (χ2n) is 5.05. The highest BCUT2D eigenvalue weighted by Crippen LogP contribution is 2.16. The molecule has 1 unspecified atom stereocenters.